The summed E-state index contributed by atoms with van der Waals surface area (Å²) >= 11 is 0. The summed E-state index contributed by atoms with van der Waals surface area (Å²) in [6.45, 7) is 8.52. The van der Waals surface area contributed by atoms with Gasteiger partial charge in [0.25, 0.3) is 8.32 Å². The van der Waals surface area contributed by atoms with Gasteiger partial charge in [-0.3, -0.25) is 0 Å². The van der Waals surface area contributed by atoms with E-state index in [1.165, 1.54) is 23.2 Å². The molecule has 0 bridgehead atoms. The summed E-state index contributed by atoms with van der Waals surface area (Å²) in [5.41, 5.74) is 0. The molecule has 0 spiro atoms. The van der Waals surface area contributed by atoms with E-state index in [2.05, 4.69) is 81.4 Å². The number of hydrogen-bond donors (Lipinski definition) is 0. The van der Waals surface area contributed by atoms with Gasteiger partial charge >= 0.3 is 0 Å². The van der Waals surface area contributed by atoms with Crippen LogP contribution >= 0.6 is 0 Å². The number of benzene rings is 2. The molecule has 1 saturated heterocycles. The minimum atomic E-state index is -2.41. The third-order valence-corrected chi connectivity index (χ3v) is 10.2. The lowest BCUT2D eigenvalue weighted by atomic mass is 10.1. The zero-order valence-electron chi connectivity index (χ0n) is 15.7. The average molecular weight is 355 g/mol. The first-order valence-corrected chi connectivity index (χ1v) is 11.3. The van der Waals surface area contributed by atoms with E-state index in [-0.39, 0.29) is 11.1 Å². The molecule has 1 aliphatic heterocycles. The SMILES string of the molecule is CC(C)(C)[Si](OCC1CCCCO1)(c1ccccc1)c1ccccc1. The molecule has 2 aromatic rings. The third kappa shape index (κ3) is 3.89. The molecule has 0 N–H and O–H groups in total. The van der Waals surface area contributed by atoms with E-state index >= 15 is 0 Å². The van der Waals surface area contributed by atoms with Gasteiger partial charge in [-0.2, -0.15) is 0 Å². The normalized spacial score (nSPS) is 18.9. The van der Waals surface area contributed by atoms with Crippen LogP contribution in [0.1, 0.15) is 40.0 Å². The number of rotatable bonds is 5. The zero-order valence-corrected chi connectivity index (χ0v) is 16.7. The van der Waals surface area contributed by atoms with Crippen LogP contribution < -0.4 is 10.4 Å². The molecule has 1 fully saturated rings. The number of ether oxygens (including phenoxy) is 1. The van der Waals surface area contributed by atoms with Gasteiger partial charge in [0, 0.05) is 6.61 Å². The van der Waals surface area contributed by atoms with Crippen LogP contribution in [-0.2, 0) is 9.16 Å². The molecule has 1 unspecified atom stereocenters. The van der Waals surface area contributed by atoms with Crippen molar-refractivity contribution in [3.63, 3.8) is 0 Å². The molecule has 2 aromatic carbocycles. The van der Waals surface area contributed by atoms with E-state index in [0.29, 0.717) is 6.61 Å². The monoisotopic (exact) mass is 354 g/mol. The Balaban J connectivity index is 2.02. The van der Waals surface area contributed by atoms with Crippen LogP contribution in [-0.4, -0.2) is 27.6 Å². The summed E-state index contributed by atoms with van der Waals surface area (Å²) in [6, 6.07) is 21.7. The van der Waals surface area contributed by atoms with Gasteiger partial charge in [0.1, 0.15) is 0 Å². The lowest BCUT2D eigenvalue weighted by molar-refractivity contribution is -0.0132. The first kappa shape index (κ1) is 18.4. The van der Waals surface area contributed by atoms with E-state index in [0.717, 1.165) is 13.0 Å². The number of hydrogen-bond acceptors (Lipinski definition) is 2. The molecular formula is C22H30O2Si. The van der Waals surface area contributed by atoms with E-state index in [1.807, 2.05) is 0 Å². The van der Waals surface area contributed by atoms with Gasteiger partial charge in [-0.1, -0.05) is 81.4 Å². The van der Waals surface area contributed by atoms with Crippen molar-refractivity contribution in [3.8, 4) is 0 Å². The Labute approximate surface area is 153 Å². The van der Waals surface area contributed by atoms with Crippen molar-refractivity contribution < 1.29 is 9.16 Å². The van der Waals surface area contributed by atoms with Crippen LogP contribution in [0.15, 0.2) is 60.7 Å². The minimum absolute atomic E-state index is 0.0321. The van der Waals surface area contributed by atoms with Crippen molar-refractivity contribution in [1.29, 1.82) is 0 Å². The lowest BCUT2D eigenvalue weighted by Gasteiger charge is -2.44. The van der Waals surface area contributed by atoms with E-state index in [9.17, 15) is 0 Å². The van der Waals surface area contributed by atoms with Gasteiger partial charge < -0.3 is 9.16 Å². The second-order valence-corrected chi connectivity index (χ2v) is 12.3. The second-order valence-electron chi connectivity index (χ2n) is 7.96. The molecule has 0 saturated carbocycles. The fourth-order valence-corrected chi connectivity index (χ4v) is 8.51. The Kier molecular flexibility index (Phi) is 5.77. The highest BCUT2D eigenvalue weighted by Gasteiger charge is 2.50. The molecule has 134 valence electrons. The molecule has 0 aromatic heterocycles. The van der Waals surface area contributed by atoms with Crippen molar-refractivity contribution in [3.05, 3.63) is 60.7 Å². The molecule has 3 heteroatoms. The molecule has 1 aliphatic rings. The zero-order chi connectivity index (χ0) is 17.8. The van der Waals surface area contributed by atoms with Crippen LogP contribution in [0.2, 0.25) is 5.04 Å². The molecule has 3 rings (SSSR count). The Morgan fingerprint density at radius 1 is 0.920 bits per heavy atom. The van der Waals surface area contributed by atoms with Crippen LogP contribution in [0.5, 0.6) is 0 Å². The van der Waals surface area contributed by atoms with E-state index in [4.69, 9.17) is 9.16 Å². The fourth-order valence-electron chi connectivity index (χ4n) is 3.92. The summed E-state index contributed by atoms with van der Waals surface area (Å²) in [4.78, 5) is 0. The van der Waals surface area contributed by atoms with Gasteiger partial charge in [0.05, 0.1) is 12.7 Å². The maximum Gasteiger partial charge on any atom is 0.261 e. The molecular weight excluding hydrogens is 324 g/mol. The van der Waals surface area contributed by atoms with Crippen LogP contribution in [0.4, 0.5) is 0 Å². The van der Waals surface area contributed by atoms with E-state index < -0.39 is 8.32 Å². The lowest BCUT2D eigenvalue weighted by Crippen LogP contribution is -2.67. The predicted molar refractivity (Wildman–Crippen MR) is 107 cm³/mol. The van der Waals surface area contributed by atoms with Gasteiger partial charge in [-0.15, -0.1) is 0 Å². The molecule has 25 heavy (non-hydrogen) atoms. The average Bonchev–Trinajstić information content (AvgIpc) is 2.64. The summed E-state index contributed by atoms with van der Waals surface area (Å²) in [7, 11) is -2.41. The van der Waals surface area contributed by atoms with Gasteiger partial charge in [0.15, 0.2) is 0 Å². The quantitative estimate of drug-likeness (QED) is 0.752. The molecule has 0 aliphatic carbocycles. The van der Waals surface area contributed by atoms with Gasteiger partial charge in [-0.25, -0.2) is 0 Å². The topological polar surface area (TPSA) is 18.5 Å². The highest BCUT2D eigenvalue weighted by atomic mass is 28.4. The van der Waals surface area contributed by atoms with Crippen molar-refractivity contribution in [2.75, 3.05) is 13.2 Å². The summed E-state index contributed by atoms with van der Waals surface area (Å²) < 4.78 is 12.9. The maximum atomic E-state index is 6.92. The van der Waals surface area contributed by atoms with Crippen LogP contribution in [0.25, 0.3) is 0 Å². The first-order chi connectivity index (χ1) is 12.0. The summed E-state index contributed by atoms with van der Waals surface area (Å²) in [6.07, 6.45) is 3.76. The van der Waals surface area contributed by atoms with Crippen molar-refractivity contribution >= 4 is 18.7 Å². The van der Waals surface area contributed by atoms with Crippen molar-refractivity contribution in [2.24, 2.45) is 0 Å². The first-order valence-electron chi connectivity index (χ1n) is 9.41. The summed E-state index contributed by atoms with van der Waals surface area (Å²) in [5, 5.41) is 2.71. The predicted octanol–water partition coefficient (Wildman–Crippen LogP) is 4.13. The minimum Gasteiger partial charge on any atom is -0.405 e. The van der Waals surface area contributed by atoms with Crippen LogP contribution in [0, 0.1) is 0 Å². The Morgan fingerprint density at radius 2 is 1.48 bits per heavy atom. The summed E-state index contributed by atoms with van der Waals surface area (Å²) in [5.74, 6) is 0. The highest BCUT2D eigenvalue weighted by Crippen LogP contribution is 2.37. The molecule has 0 amide bonds. The molecule has 1 atom stereocenters. The maximum absolute atomic E-state index is 6.92. The van der Waals surface area contributed by atoms with Crippen molar-refractivity contribution in [2.45, 2.75) is 51.2 Å². The second kappa shape index (κ2) is 7.86. The highest BCUT2D eigenvalue weighted by molar-refractivity contribution is 6.99. The Morgan fingerprint density at radius 3 is 1.92 bits per heavy atom. The fraction of sp³-hybridized carbons (Fsp3) is 0.455. The van der Waals surface area contributed by atoms with E-state index in [1.54, 1.807) is 0 Å². The standard InChI is InChI=1S/C22H30O2Si/c1-22(2,3)25(20-13-6-4-7-14-20,21-15-8-5-9-16-21)24-18-19-12-10-11-17-23-19/h4-9,13-16,19H,10-12,17-18H2,1-3H3. The smallest absolute Gasteiger partial charge is 0.261 e. The van der Waals surface area contributed by atoms with Crippen LogP contribution in [0.3, 0.4) is 0 Å². The molecule has 2 nitrogen and oxygen atoms in total. The van der Waals surface area contributed by atoms with Gasteiger partial charge in [0.2, 0.25) is 0 Å². The van der Waals surface area contributed by atoms with Gasteiger partial charge in [-0.05, 0) is 34.7 Å². The molecule has 0 radical (unpaired) electrons. The third-order valence-electron chi connectivity index (χ3n) is 5.18. The Bertz CT molecular complexity index is 603. The van der Waals surface area contributed by atoms with Crippen molar-refractivity contribution in [1.82, 2.24) is 0 Å². The molecule has 1 heterocycles. The Hall–Kier alpha value is -1.42. The largest absolute Gasteiger partial charge is 0.405 e.